The van der Waals surface area contributed by atoms with Crippen LogP contribution in [-0.4, -0.2) is 38.5 Å². The van der Waals surface area contributed by atoms with Gasteiger partial charge >= 0.3 is 5.97 Å². The van der Waals surface area contributed by atoms with E-state index in [1.165, 1.54) is 0 Å². The molecule has 72 valence electrons. The molecule has 0 aliphatic carbocycles. The van der Waals surface area contributed by atoms with E-state index < -0.39 is 12.0 Å². The molecule has 1 N–H and O–H groups in total. The van der Waals surface area contributed by atoms with Gasteiger partial charge in [0, 0.05) is 12.2 Å². The van der Waals surface area contributed by atoms with Gasteiger partial charge in [-0.05, 0) is 13.3 Å². The Morgan fingerprint density at radius 2 is 2.46 bits per heavy atom. The Bertz CT molecular complexity index is 281. The second-order valence-electron chi connectivity index (χ2n) is 3.60. The molecule has 2 rings (SSSR count). The smallest absolute Gasteiger partial charge is 0.327 e. The fraction of sp³-hybridized carbons (Fsp3) is 0.750. The molecule has 5 heteroatoms. The lowest BCUT2D eigenvalue weighted by atomic mass is 10.2. The first kappa shape index (κ1) is 8.87. The fourth-order valence-corrected chi connectivity index (χ4v) is 3.43. The number of carboxylic acid groups (broad SMARTS) is 1. The highest BCUT2D eigenvalue weighted by molar-refractivity contribution is 8.01. The van der Waals surface area contributed by atoms with Gasteiger partial charge in [0.2, 0.25) is 5.91 Å². The van der Waals surface area contributed by atoms with Gasteiger partial charge in [-0.25, -0.2) is 4.79 Å². The number of carboxylic acids is 1. The lowest BCUT2D eigenvalue weighted by molar-refractivity contribution is -0.148. The van der Waals surface area contributed by atoms with Gasteiger partial charge in [0.05, 0.1) is 4.87 Å². The van der Waals surface area contributed by atoms with E-state index in [4.69, 9.17) is 5.11 Å². The van der Waals surface area contributed by atoms with E-state index >= 15 is 0 Å². The number of nitrogens with zero attached hydrogens (tertiary/aromatic N) is 1. The van der Waals surface area contributed by atoms with E-state index in [1.54, 1.807) is 16.7 Å². The van der Waals surface area contributed by atoms with Gasteiger partial charge in [-0.15, -0.1) is 11.8 Å². The predicted octanol–water partition coefficient (Wildman–Crippen LogP) is 0.525. The van der Waals surface area contributed by atoms with E-state index in [1.807, 2.05) is 6.92 Å². The summed E-state index contributed by atoms with van der Waals surface area (Å²) in [6.45, 7) is 1.95. The van der Waals surface area contributed by atoms with Crippen LogP contribution in [0.15, 0.2) is 0 Å². The highest BCUT2D eigenvalue weighted by Crippen LogP contribution is 2.47. The van der Waals surface area contributed by atoms with Crippen LogP contribution in [0.5, 0.6) is 0 Å². The molecule has 2 fully saturated rings. The molecule has 0 bridgehead atoms. The molecule has 0 saturated carbocycles. The summed E-state index contributed by atoms with van der Waals surface area (Å²) in [5.74, 6) is -0.372. The quantitative estimate of drug-likeness (QED) is 0.672. The number of carbonyl (C=O) groups excluding carboxylic acids is 1. The Labute approximate surface area is 80.3 Å². The Balaban J connectivity index is 2.29. The topological polar surface area (TPSA) is 57.6 Å². The number of rotatable bonds is 1. The van der Waals surface area contributed by atoms with Crippen LogP contribution in [0.4, 0.5) is 0 Å². The molecule has 4 nitrogen and oxygen atoms in total. The Hall–Kier alpha value is -0.710. The Morgan fingerprint density at radius 3 is 3.08 bits per heavy atom. The number of aliphatic carboxylic acids is 1. The van der Waals surface area contributed by atoms with E-state index in [2.05, 4.69) is 0 Å². The summed E-state index contributed by atoms with van der Waals surface area (Å²) in [5.41, 5.74) is 0. The fourth-order valence-electron chi connectivity index (χ4n) is 2.00. The number of thioether (sulfide) groups is 1. The molecule has 2 aliphatic rings. The largest absolute Gasteiger partial charge is 0.480 e. The molecule has 0 radical (unpaired) electrons. The first-order valence-electron chi connectivity index (χ1n) is 4.23. The molecule has 13 heavy (non-hydrogen) atoms. The third-order valence-corrected chi connectivity index (χ3v) is 4.24. The van der Waals surface area contributed by atoms with Gasteiger partial charge in [0.15, 0.2) is 0 Å². The zero-order valence-corrected chi connectivity index (χ0v) is 8.13. The van der Waals surface area contributed by atoms with Crippen LogP contribution in [0.2, 0.25) is 0 Å². The molecular weight excluding hydrogens is 190 g/mol. The standard InChI is InChI=1S/C8H11NO3S/c1-8-3-2-6(10)9(8)5(4-13-8)7(11)12/h5H,2-4H2,1H3,(H,11,12)/t5-,8+/m1/s1. The van der Waals surface area contributed by atoms with Gasteiger partial charge in [-0.3, -0.25) is 4.79 Å². The molecule has 0 spiro atoms. The van der Waals surface area contributed by atoms with Crippen molar-refractivity contribution >= 4 is 23.6 Å². The van der Waals surface area contributed by atoms with Crippen molar-refractivity contribution in [2.24, 2.45) is 0 Å². The molecule has 0 aromatic carbocycles. The maximum Gasteiger partial charge on any atom is 0.327 e. The summed E-state index contributed by atoms with van der Waals surface area (Å²) in [6, 6.07) is -0.606. The van der Waals surface area contributed by atoms with Gasteiger partial charge in [-0.1, -0.05) is 0 Å². The van der Waals surface area contributed by atoms with Crippen LogP contribution in [0.3, 0.4) is 0 Å². The summed E-state index contributed by atoms with van der Waals surface area (Å²) in [4.78, 5) is 23.5. The van der Waals surface area contributed by atoms with Crippen molar-refractivity contribution in [1.29, 1.82) is 0 Å². The van der Waals surface area contributed by atoms with Crippen LogP contribution >= 0.6 is 11.8 Å². The summed E-state index contributed by atoms with van der Waals surface area (Å²) >= 11 is 1.58. The van der Waals surface area contributed by atoms with Crippen LogP contribution in [0, 0.1) is 0 Å². The van der Waals surface area contributed by atoms with Crippen LogP contribution in [-0.2, 0) is 9.59 Å². The summed E-state index contributed by atoms with van der Waals surface area (Å²) < 4.78 is 0. The van der Waals surface area contributed by atoms with Crippen LogP contribution in [0.1, 0.15) is 19.8 Å². The average molecular weight is 201 g/mol. The SMILES string of the molecule is C[C@]12CCC(=O)N1[C@@H](C(=O)O)CS2. The minimum absolute atomic E-state index is 0.0140. The number of hydrogen-bond donors (Lipinski definition) is 1. The number of hydrogen-bond acceptors (Lipinski definition) is 3. The molecule has 2 saturated heterocycles. The first-order chi connectivity index (χ1) is 6.04. The molecule has 2 atom stereocenters. The van der Waals surface area contributed by atoms with Crippen molar-refractivity contribution in [2.75, 3.05) is 5.75 Å². The minimum atomic E-state index is -0.883. The monoisotopic (exact) mass is 201 g/mol. The highest BCUT2D eigenvalue weighted by Gasteiger charge is 2.52. The molecule has 0 unspecified atom stereocenters. The van der Waals surface area contributed by atoms with E-state index in [-0.39, 0.29) is 10.8 Å². The summed E-state index contributed by atoms with van der Waals surface area (Å²) in [5, 5.41) is 8.89. The normalized spacial score (nSPS) is 38.1. The van der Waals surface area contributed by atoms with Crippen LogP contribution < -0.4 is 0 Å². The molecule has 2 heterocycles. The second-order valence-corrected chi connectivity index (χ2v) is 5.11. The second kappa shape index (κ2) is 2.64. The van der Waals surface area contributed by atoms with Crippen molar-refractivity contribution < 1.29 is 14.7 Å². The molecule has 2 aliphatic heterocycles. The van der Waals surface area contributed by atoms with E-state index in [0.29, 0.717) is 12.2 Å². The Kier molecular flexibility index (Phi) is 1.80. The molecule has 1 amide bonds. The number of amides is 1. The summed E-state index contributed by atoms with van der Waals surface area (Å²) in [6.07, 6.45) is 1.27. The molecular formula is C8H11NO3S. The zero-order valence-electron chi connectivity index (χ0n) is 7.32. The van der Waals surface area contributed by atoms with E-state index in [0.717, 1.165) is 6.42 Å². The van der Waals surface area contributed by atoms with Gasteiger partial charge < -0.3 is 10.0 Å². The minimum Gasteiger partial charge on any atom is -0.480 e. The number of carbonyl (C=O) groups is 2. The van der Waals surface area contributed by atoms with Crippen LogP contribution in [0.25, 0.3) is 0 Å². The predicted molar refractivity (Wildman–Crippen MR) is 48.4 cm³/mol. The molecule has 0 aromatic rings. The Morgan fingerprint density at radius 1 is 1.77 bits per heavy atom. The van der Waals surface area contributed by atoms with Crippen molar-refractivity contribution in [2.45, 2.75) is 30.7 Å². The average Bonchev–Trinajstić information content (AvgIpc) is 2.50. The van der Waals surface area contributed by atoms with Gasteiger partial charge in [0.25, 0.3) is 0 Å². The number of fused-ring (bicyclic) bond motifs is 1. The first-order valence-corrected chi connectivity index (χ1v) is 5.22. The third kappa shape index (κ3) is 1.14. The third-order valence-electron chi connectivity index (χ3n) is 2.73. The summed E-state index contributed by atoms with van der Waals surface area (Å²) in [7, 11) is 0. The van der Waals surface area contributed by atoms with Crippen molar-refractivity contribution in [1.82, 2.24) is 4.90 Å². The van der Waals surface area contributed by atoms with Crippen molar-refractivity contribution in [3.63, 3.8) is 0 Å². The van der Waals surface area contributed by atoms with Gasteiger partial charge in [-0.2, -0.15) is 0 Å². The van der Waals surface area contributed by atoms with Crippen molar-refractivity contribution in [3.8, 4) is 0 Å². The maximum atomic E-state index is 11.4. The van der Waals surface area contributed by atoms with Gasteiger partial charge in [0.1, 0.15) is 6.04 Å². The highest BCUT2D eigenvalue weighted by atomic mass is 32.2. The maximum absolute atomic E-state index is 11.4. The van der Waals surface area contributed by atoms with E-state index in [9.17, 15) is 9.59 Å². The lowest BCUT2D eigenvalue weighted by Crippen LogP contribution is -2.45. The molecule has 0 aromatic heterocycles. The zero-order chi connectivity index (χ0) is 9.64. The lowest BCUT2D eigenvalue weighted by Gasteiger charge is -2.28. The van der Waals surface area contributed by atoms with Crippen molar-refractivity contribution in [3.05, 3.63) is 0 Å².